The van der Waals surface area contributed by atoms with Crippen molar-refractivity contribution >= 4 is 22.7 Å². The fourth-order valence-electron chi connectivity index (χ4n) is 4.50. The molecule has 1 saturated heterocycles. The number of hydrogen-bond acceptors (Lipinski definition) is 4. The smallest absolute Gasteiger partial charge is 0.311 e. The third kappa shape index (κ3) is 5.20. The molecule has 3 aromatic rings. The minimum absolute atomic E-state index is 0.0224. The lowest BCUT2D eigenvalue weighted by atomic mass is 9.94. The highest BCUT2D eigenvalue weighted by Gasteiger charge is 2.24. The fraction of sp³-hybridized carbons (Fsp3) is 0.385. The second-order valence-electron chi connectivity index (χ2n) is 9.22. The lowest BCUT2D eigenvalue weighted by Crippen LogP contribution is -2.20. The molecule has 0 bridgehead atoms. The standard InChI is InChI=1S/C26H32N4O3/c1-16(2)15-30-20(12-19-11-18(25(27)28)5-8-24(19)30)13-23(26(31)32)17-3-6-21(7-4-17)33-22-9-10-29-14-22/h3-8,11-12,16,22-23,29H,9-10,13-15H2,1-2H3,(H3,27,28)(H,31,32)/t22-,23?/m0/s1. The third-order valence-electron chi connectivity index (χ3n) is 6.16. The largest absolute Gasteiger partial charge is 0.489 e. The van der Waals surface area contributed by atoms with Gasteiger partial charge in [-0.1, -0.05) is 26.0 Å². The summed E-state index contributed by atoms with van der Waals surface area (Å²) in [5.41, 5.74) is 9.09. The van der Waals surface area contributed by atoms with E-state index in [9.17, 15) is 9.90 Å². The molecule has 7 nitrogen and oxygen atoms in total. The van der Waals surface area contributed by atoms with Crippen LogP contribution in [0.5, 0.6) is 5.75 Å². The van der Waals surface area contributed by atoms with Gasteiger partial charge in [-0.25, -0.2) is 0 Å². The number of carbonyl (C=O) groups is 1. The number of ether oxygens (including phenoxy) is 1. The van der Waals surface area contributed by atoms with Gasteiger partial charge in [-0.2, -0.15) is 0 Å². The van der Waals surface area contributed by atoms with Gasteiger partial charge in [0.1, 0.15) is 17.7 Å². The first-order valence-electron chi connectivity index (χ1n) is 11.5. The molecule has 5 N–H and O–H groups in total. The van der Waals surface area contributed by atoms with Crippen LogP contribution in [-0.2, 0) is 17.8 Å². The number of amidine groups is 1. The zero-order valence-electron chi connectivity index (χ0n) is 19.2. The van der Waals surface area contributed by atoms with Crippen molar-refractivity contribution in [2.75, 3.05) is 13.1 Å². The van der Waals surface area contributed by atoms with Crippen LogP contribution in [0.2, 0.25) is 0 Å². The van der Waals surface area contributed by atoms with Gasteiger partial charge in [0.05, 0.1) is 5.92 Å². The summed E-state index contributed by atoms with van der Waals surface area (Å²) in [5.74, 6) is -0.336. The topological polar surface area (TPSA) is 113 Å². The van der Waals surface area contributed by atoms with Crippen molar-refractivity contribution in [3.8, 4) is 5.75 Å². The van der Waals surface area contributed by atoms with Gasteiger partial charge in [0.15, 0.2) is 0 Å². The van der Waals surface area contributed by atoms with Crippen LogP contribution in [0, 0.1) is 11.3 Å². The number of nitrogens with two attached hydrogens (primary N) is 1. The number of hydrogen-bond donors (Lipinski definition) is 4. The van der Waals surface area contributed by atoms with Crippen molar-refractivity contribution in [3.05, 3.63) is 65.4 Å². The maximum absolute atomic E-state index is 12.3. The Bertz CT molecular complexity index is 1140. The van der Waals surface area contributed by atoms with Crippen molar-refractivity contribution in [2.24, 2.45) is 11.7 Å². The van der Waals surface area contributed by atoms with Gasteiger partial charge >= 0.3 is 5.97 Å². The number of rotatable bonds is 9. The molecule has 174 valence electrons. The second-order valence-corrected chi connectivity index (χ2v) is 9.22. The van der Waals surface area contributed by atoms with Gasteiger partial charge in [-0.3, -0.25) is 10.2 Å². The third-order valence-corrected chi connectivity index (χ3v) is 6.16. The van der Waals surface area contributed by atoms with Crippen molar-refractivity contribution < 1.29 is 14.6 Å². The van der Waals surface area contributed by atoms with Gasteiger partial charge in [0.2, 0.25) is 0 Å². The molecule has 1 aliphatic heterocycles. The maximum atomic E-state index is 12.3. The summed E-state index contributed by atoms with van der Waals surface area (Å²) in [5, 5.41) is 22.0. The Balaban J connectivity index is 1.63. The number of carboxylic acid groups (broad SMARTS) is 1. The molecule has 1 aliphatic rings. The van der Waals surface area contributed by atoms with E-state index in [1.54, 1.807) is 0 Å². The molecule has 2 aromatic carbocycles. The van der Waals surface area contributed by atoms with Crippen LogP contribution in [0.3, 0.4) is 0 Å². The Kier molecular flexibility index (Phi) is 6.70. The summed E-state index contributed by atoms with van der Waals surface area (Å²) in [6.07, 6.45) is 1.52. The van der Waals surface area contributed by atoms with E-state index >= 15 is 0 Å². The lowest BCUT2D eigenvalue weighted by molar-refractivity contribution is -0.138. The highest BCUT2D eigenvalue weighted by molar-refractivity contribution is 5.99. The molecule has 0 amide bonds. The first-order valence-corrected chi connectivity index (χ1v) is 11.5. The molecule has 1 unspecified atom stereocenters. The number of aromatic nitrogens is 1. The molecule has 1 aromatic heterocycles. The van der Waals surface area contributed by atoms with Gasteiger partial charge < -0.3 is 25.5 Å². The Labute approximate surface area is 194 Å². The molecule has 0 spiro atoms. The monoisotopic (exact) mass is 448 g/mol. The van der Waals surface area contributed by atoms with E-state index in [1.807, 2.05) is 48.5 Å². The summed E-state index contributed by atoms with van der Waals surface area (Å²) in [7, 11) is 0. The molecule has 0 radical (unpaired) electrons. The van der Waals surface area contributed by atoms with Crippen LogP contribution < -0.4 is 15.8 Å². The molecular weight excluding hydrogens is 416 g/mol. The number of nitrogens with zero attached hydrogens (tertiary/aromatic N) is 1. The average Bonchev–Trinajstić information content (AvgIpc) is 3.40. The summed E-state index contributed by atoms with van der Waals surface area (Å²) in [6.45, 7) is 6.87. The molecule has 0 aliphatic carbocycles. The molecule has 2 atom stereocenters. The van der Waals surface area contributed by atoms with Crippen molar-refractivity contribution in [1.29, 1.82) is 5.41 Å². The molecule has 4 rings (SSSR count). The highest BCUT2D eigenvalue weighted by Crippen LogP contribution is 2.29. The van der Waals surface area contributed by atoms with Gasteiger partial charge in [0.25, 0.3) is 0 Å². The van der Waals surface area contributed by atoms with Crippen LogP contribution in [0.4, 0.5) is 0 Å². The molecule has 2 heterocycles. The van der Waals surface area contributed by atoms with Crippen LogP contribution in [-0.4, -0.2) is 40.7 Å². The molecule has 1 fully saturated rings. The number of fused-ring (bicyclic) bond motifs is 1. The Morgan fingerprint density at radius 3 is 2.61 bits per heavy atom. The number of nitrogens with one attached hydrogen (secondary N) is 2. The number of nitrogen functional groups attached to an aromatic ring is 1. The van der Waals surface area contributed by atoms with E-state index in [0.29, 0.717) is 17.9 Å². The zero-order chi connectivity index (χ0) is 23.5. The second kappa shape index (κ2) is 9.67. The minimum Gasteiger partial charge on any atom is -0.489 e. The lowest BCUT2D eigenvalue weighted by Gasteiger charge is -2.18. The van der Waals surface area contributed by atoms with Crippen molar-refractivity contribution in [1.82, 2.24) is 9.88 Å². The average molecular weight is 449 g/mol. The quantitative estimate of drug-likeness (QED) is 0.294. The minimum atomic E-state index is -0.852. The van der Waals surface area contributed by atoms with E-state index < -0.39 is 11.9 Å². The normalized spacial score (nSPS) is 16.9. The predicted molar refractivity (Wildman–Crippen MR) is 130 cm³/mol. The maximum Gasteiger partial charge on any atom is 0.311 e. The number of aliphatic carboxylic acids is 1. The van der Waals surface area contributed by atoms with Crippen LogP contribution in [0.1, 0.15) is 43.0 Å². The van der Waals surface area contributed by atoms with E-state index in [0.717, 1.165) is 54.0 Å². The van der Waals surface area contributed by atoms with E-state index in [4.69, 9.17) is 15.9 Å². The number of benzene rings is 2. The van der Waals surface area contributed by atoms with Crippen LogP contribution in [0.25, 0.3) is 10.9 Å². The predicted octanol–water partition coefficient (Wildman–Crippen LogP) is 3.73. The first-order chi connectivity index (χ1) is 15.8. The van der Waals surface area contributed by atoms with Gasteiger partial charge in [0, 0.05) is 41.7 Å². The van der Waals surface area contributed by atoms with Gasteiger partial charge in [-0.05, 0) is 60.8 Å². The molecule has 7 heteroatoms. The van der Waals surface area contributed by atoms with E-state index in [2.05, 4.69) is 23.7 Å². The fourth-order valence-corrected chi connectivity index (χ4v) is 4.50. The van der Waals surface area contributed by atoms with E-state index in [1.165, 1.54) is 0 Å². The van der Waals surface area contributed by atoms with Crippen molar-refractivity contribution in [3.63, 3.8) is 0 Å². The van der Waals surface area contributed by atoms with Crippen LogP contribution in [0.15, 0.2) is 48.5 Å². The van der Waals surface area contributed by atoms with Gasteiger partial charge in [-0.15, -0.1) is 0 Å². The zero-order valence-corrected chi connectivity index (χ0v) is 19.2. The summed E-state index contributed by atoms with van der Waals surface area (Å²) < 4.78 is 8.18. The number of carboxylic acids is 1. The molecular formula is C26H32N4O3. The summed E-state index contributed by atoms with van der Waals surface area (Å²) in [4.78, 5) is 12.3. The molecule has 33 heavy (non-hydrogen) atoms. The molecule has 0 saturated carbocycles. The summed E-state index contributed by atoms with van der Waals surface area (Å²) in [6, 6.07) is 15.2. The van der Waals surface area contributed by atoms with Crippen molar-refractivity contribution in [2.45, 2.75) is 45.3 Å². The van der Waals surface area contributed by atoms with E-state index in [-0.39, 0.29) is 11.9 Å². The highest BCUT2D eigenvalue weighted by atomic mass is 16.5. The SMILES string of the molecule is CC(C)Cn1c(CC(C(=O)O)c2ccc(O[C@H]3CCNC3)cc2)cc2cc(C(=N)N)ccc21. The summed E-state index contributed by atoms with van der Waals surface area (Å²) >= 11 is 0. The Morgan fingerprint density at radius 1 is 1.24 bits per heavy atom. The first kappa shape index (κ1) is 22.9. The Hall–Kier alpha value is -3.32. The Morgan fingerprint density at radius 2 is 2.00 bits per heavy atom. The van der Waals surface area contributed by atoms with Crippen LogP contribution >= 0.6 is 0 Å².